The van der Waals surface area contributed by atoms with Gasteiger partial charge in [-0.3, -0.25) is 4.99 Å². The fraction of sp³-hybridized carbons (Fsp3) is 0.0667. The van der Waals surface area contributed by atoms with E-state index in [-0.39, 0.29) is 5.97 Å². The van der Waals surface area contributed by atoms with Gasteiger partial charge in [-0.25, -0.2) is 4.79 Å². The minimum atomic E-state index is -0.337. The van der Waals surface area contributed by atoms with Crippen LogP contribution < -0.4 is 0 Å². The van der Waals surface area contributed by atoms with E-state index in [1.54, 1.807) is 18.3 Å². The molecule has 0 saturated carbocycles. The van der Waals surface area contributed by atoms with Gasteiger partial charge in [-0.2, -0.15) is 0 Å². The van der Waals surface area contributed by atoms with E-state index < -0.39 is 0 Å². The van der Waals surface area contributed by atoms with E-state index in [1.807, 2.05) is 36.4 Å². The molecule has 0 aliphatic heterocycles. The minimum Gasteiger partial charge on any atom is -0.465 e. The van der Waals surface area contributed by atoms with Crippen LogP contribution in [0, 0.1) is 0 Å². The number of halogens is 1. The molecule has 0 aromatic heterocycles. The van der Waals surface area contributed by atoms with Gasteiger partial charge in [0.15, 0.2) is 0 Å². The molecule has 2 aromatic rings. The largest absolute Gasteiger partial charge is 0.465 e. The summed E-state index contributed by atoms with van der Waals surface area (Å²) in [5.41, 5.74) is 2.33. The molecule has 2 rings (SSSR count). The van der Waals surface area contributed by atoms with Crippen molar-refractivity contribution in [1.82, 2.24) is 0 Å². The number of nitrogens with zero attached hydrogens (tertiary/aromatic N) is 1. The van der Waals surface area contributed by atoms with Crippen LogP contribution in [0.1, 0.15) is 15.9 Å². The van der Waals surface area contributed by atoms with Crippen molar-refractivity contribution in [3.8, 4) is 0 Å². The Morgan fingerprint density at radius 2 is 1.74 bits per heavy atom. The smallest absolute Gasteiger partial charge is 0.337 e. The van der Waals surface area contributed by atoms with Crippen LogP contribution in [0.5, 0.6) is 0 Å². The lowest BCUT2D eigenvalue weighted by Gasteiger charge is -1.99. The number of methoxy groups -OCH3 is 1. The molecule has 0 aliphatic rings. The van der Waals surface area contributed by atoms with E-state index >= 15 is 0 Å². The van der Waals surface area contributed by atoms with Crippen LogP contribution in [0.15, 0.2) is 58.0 Å². The number of esters is 1. The highest BCUT2D eigenvalue weighted by molar-refractivity contribution is 9.10. The van der Waals surface area contributed by atoms with Crippen LogP contribution in [-0.2, 0) is 4.74 Å². The van der Waals surface area contributed by atoms with E-state index in [0.717, 1.165) is 15.7 Å². The lowest BCUT2D eigenvalue weighted by atomic mass is 10.1. The van der Waals surface area contributed by atoms with Crippen molar-refractivity contribution in [2.75, 3.05) is 7.11 Å². The highest BCUT2D eigenvalue weighted by Crippen LogP contribution is 2.16. The summed E-state index contributed by atoms with van der Waals surface area (Å²) in [7, 11) is 1.37. The molecule has 19 heavy (non-hydrogen) atoms. The maximum atomic E-state index is 11.3. The number of hydrogen-bond donors (Lipinski definition) is 0. The van der Waals surface area contributed by atoms with E-state index in [1.165, 1.54) is 7.11 Å². The predicted molar refractivity (Wildman–Crippen MR) is 79.2 cm³/mol. The summed E-state index contributed by atoms with van der Waals surface area (Å²) >= 11 is 3.37. The number of aliphatic imine (C=N–C) groups is 1. The molecule has 0 spiro atoms. The van der Waals surface area contributed by atoms with Gasteiger partial charge in [0.25, 0.3) is 0 Å². The monoisotopic (exact) mass is 317 g/mol. The van der Waals surface area contributed by atoms with Crippen molar-refractivity contribution in [1.29, 1.82) is 0 Å². The molecule has 0 unspecified atom stereocenters. The van der Waals surface area contributed by atoms with Crippen LogP contribution in [0.2, 0.25) is 0 Å². The van der Waals surface area contributed by atoms with Gasteiger partial charge in [0.05, 0.1) is 18.4 Å². The van der Waals surface area contributed by atoms with Crippen molar-refractivity contribution in [2.45, 2.75) is 0 Å². The normalized spacial score (nSPS) is 10.6. The van der Waals surface area contributed by atoms with Gasteiger partial charge in [-0.05, 0) is 42.0 Å². The highest BCUT2D eigenvalue weighted by Gasteiger charge is 2.03. The number of rotatable bonds is 3. The second-order valence-electron chi connectivity index (χ2n) is 3.85. The SMILES string of the molecule is COC(=O)c1ccc(/C=N/c2ccc(Br)cc2)cc1. The molecule has 0 atom stereocenters. The van der Waals surface area contributed by atoms with Gasteiger partial charge in [0.2, 0.25) is 0 Å². The third kappa shape index (κ3) is 3.76. The zero-order chi connectivity index (χ0) is 13.7. The third-order valence-electron chi connectivity index (χ3n) is 2.52. The summed E-state index contributed by atoms with van der Waals surface area (Å²) in [6.45, 7) is 0. The maximum Gasteiger partial charge on any atom is 0.337 e. The first-order valence-corrected chi connectivity index (χ1v) is 6.46. The summed E-state index contributed by atoms with van der Waals surface area (Å²) in [4.78, 5) is 15.6. The lowest BCUT2D eigenvalue weighted by molar-refractivity contribution is 0.0601. The van der Waals surface area contributed by atoms with E-state index in [0.29, 0.717) is 5.56 Å². The number of carbonyl (C=O) groups excluding carboxylic acids is 1. The molecule has 0 amide bonds. The predicted octanol–water partition coefficient (Wildman–Crippen LogP) is 3.99. The molecule has 0 fully saturated rings. The van der Waals surface area contributed by atoms with Gasteiger partial charge < -0.3 is 4.74 Å². The Morgan fingerprint density at radius 3 is 2.32 bits per heavy atom. The Balaban J connectivity index is 2.11. The Kier molecular flexibility index (Phi) is 4.47. The van der Waals surface area contributed by atoms with E-state index in [4.69, 9.17) is 0 Å². The summed E-state index contributed by atoms with van der Waals surface area (Å²) < 4.78 is 5.66. The third-order valence-corrected chi connectivity index (χ3v) is 3.05. The zero-order valence-corrected chi connectivity index (χ0v) is 11.9. The Morgan fingerprint density at radius 1 is 1.11 bits per heavy atom. The van der Waals surface area contributed by atoms with Crippen molar-refractivity contribution in [3.63, 3.8) is 0 Å². The number of ether oxygens (including phenoxy) is 1. The minimum absolute atomic E-state index is 0.337. The number of carbonyl (C=O) groups is 1. The topological polar surface area (TPSA) is 38.7 Å². The van der Waals surface area contributed by atoms with Crippen molar-refractivity contribution in [3.05, 3.63) is 64.1 Å². The molecular formula is C15H12BrNO2. The molecule has 2 aromatic carbocycles. The fourth-order valence-electron chi connectivity index (χ4n) is 1.50. The quantitative estimate of drug-likeness (QED) is 0.634. The van der Waals surface area contributed by atoms with Crippen LogP contribution >= 0.6 is 15.9 Å². The van der Waals surface area contributed by atoms with Gasteiger partial charge >= 0.3 is 5.97 Å². The summed E-state index contributed by atoms with van der Waals surface area (Å²) in [5.74, 6) is -0.337. The van der Waals surface area contributed by atoms with Crippen LogP contribution in [0.25, 0.3) is 0 Å². The van der Waals surface area contributed by atoms with Crippen LogP contribution in [0.3, 0.4) is 0 Å². The summed E-state index contributed by atoms with van der Waals surface area (Å²) in [6.07, 6.45) is 1.75. The molecule has 0 saturated heterocycles. The molecule has 3 nitrogen and oxygen atoms in total. The first-order valence-electron chi connectivity index (χ1n) is 5.67. The Bertz CT molecular complexity index is 589. The van der Waals surface area contributed by atoms with Crippen molar-refractivity contribution < 1.29 is 9.53 Å². The molecule has 96 valence electrons. The van der Waals surface area contributed by atoms with Gasteiger partial charge in [-0.15, -0.1) is 0 Å². The van der Waals surface area contributed by atoms with Crippen LogP contribution in [0.4, 0.5) is 5.69 Å². The Hall–Kier alpha value is -1.94. The average Bonchev–Trinajstić information content (AvgIpc) is 2.46. The average molecular weight is 318 g/mol. The van der Waals surface area contributed by atoms with E-state index in [2.05, 4.69) is 25.7 Å². The second-order valence-corrected chi connectivity index (χ2v) is 4.76. The second kappa shape index (κ2) is 6.29. The molecule has 0 aliphatic carbocycles. The molecule has 4 heteroatoms. The first-order chi connectivity index (χ1) is 9.19. The number of benzene rings is 2. The molecule has 0 heterocycles. The first kappa shape index (κ1) is 13.5. The van der Waals surface area contributed by atoms with E-state index in [9.17, 15) is 4.79 Å². The van der Waals surface area contributed by atoms with Crippen molar-refractivity contribution in [2.24, 2.45) is 4.99 Å². The zero-order valence-electron chi connectivity index (χ0n) is 10.3. The Labute approximate surface area is 120 Å². The van der Waals surface area contributed by atoms with Crippen LogP contribution in [-0.4, -0.2) is 19.3 Å². The van der Waals surface area contributed by atoms with Gasteiger partial charge in [0, 0.05) is 10.7 Å². The van der Waals surface area contributed by atoms with Gasteiger partial charge in [0.1, 0.15) is 0 Å². The highest BCUT2D eigenvalue weighted by atomic mass is 79.9. The lowest BCUT2D eigenvalue weighted by Crippen LogP contribution is -2.00. The maximum absolute atomic E-state index is 11.3. The van der Waals surface area contributed by atoms with Crippen molar-refractivity contribution >= 4 is 33.8 Å². The summed E-state index contributed by atoms with van der Waals surface area (Å²) in [6, 6.07) is 14.8. The van der Waals surface area contributed by atoms with Gasteiger partial charge in [-0.1, -0.05) is 28.1 Å². The molecule has 0 bridgehead atoms. The molecule has 0 N–H and O–H groups in total. The molecule has 0 radical (unpaired) electrons. The standard InChI is InChI=1S/C15H12BrNO2/c1-19-15(18)12-4-2-11(3-5-12)10-17-14-8-6-13(16)7-9-14/h2-10H,1H3/b17-10+. The number of hydrogen-bond acceptors (Lipinski definition) is 3. The fourth-order valence-corrected chi connectivity index (χ4v) is 1.76. The molecular weight excluding hydrogens is 306 g/mol. The summed E-state index contributed by atoms with van der Waals surface area (Å²) in [5, 5.41) is 0.